The average molecular weight is 290 g/mol. The van der Waals surface area contributed by atoms with Gasteiger partial charge in [0.15, 0.2) is 5.01 Å². The van der Waals surface area contributed by atoms with Crippen LogP contribution in [0, 0.1) is 6.92 Å². The Bertz CT molecular complexity index is 547. The molecule has 1 saturated heterocycles. The Kier molecular flexibility index (Phi) is 4.28. The summed E-state index contributed by atoms with van der Waals surface area (Å²) < 4.78 is 11.1. The van der Waals surface area contributed by atoms with Crippen molar-refractivity contribution in [2.24, 2.45) is 0 Å². The maximum absolute atomic E-state index is 5.73. The van der Waals surface area contributed by atoms with Gasteiger partial charge in [0.2, 0.25) is 0 Å². The first-order valence-corrected chi connectivity index (χ1v) is 7.72. The summed E-state index contributed by atoms with van der Waals surface area (Å²) in [5, 5.41) is 9.92. The molecular formula is C15H18N2O2S. The lowest BCUT2D eigenvalue weighted by Crippen LogP contribution is -2.13. The Labute approximate surface area is 122 Å². The molecule has 106 valence electrons. The van der Waals surface area contributed by atoms with Crippen LogP contribution in [0.15, 0.2) is 24.3 Å². The van der Waals surface area contributed by atoms with Crippen LogP contribution >= 0.6 is 11.3 Å². The van der Waals surface area contributed by atoms with E-state index in [-0.39, 0.29) is 0 Å². The molecule has 5 heteroatoms. The number of aryl methyl sites for hydroxylation is 1. The van der Waals surface area contributed by atoms with Crippen molar-refractivity contribution in [2.75, 3.05) is 13.2 Å². The molecule has 0 N–H and O–H groups in total. The molecule has 0 radical (unpaired) electrons. The van der Waals surface area contributed by atoms with Gasteiger partial charge in [-0.05, 0) is 43.4 Å². The lowest BCUT2D eigenvalue weighted by Gasteiger charge is -2.22. The van der Waals surface area contributed by atoms with E-state index in [9.17, 15) is 0 Å². The van der Waals surface area contributed by atoms with Gasteiger partial charge in [0, 0.05) is 13.2 Å². The number of hydrogen-bond acceptors (Lipinski definition) is 5. The molecule has 2 heterocycles. The molecule has 1 aromatic heterocycles. The summed E-state index contributed by atoms with van der Waals surface area (Å²) >= 11 is 1.57. The second kappa shape index (κ2) is 6.33. The summed E-state index contributed by atoms with van der Waals surface area (Å²) in [7, 11) is 0. The predicted molar refractivity (Wildman–Crippen MR) is 78.2 cm³/mol. The fourth-order valence-electron chi connectivity index (χ4n) is 2.41. The number of rotatable bonds is 4. The van der Waals surface area contributed by atoms with Gasteiger partial charge in [-0.3, -0.25) is 0 Å². The van der Waals surface area contributed by atoms with Crippen LogP contribution in [0.5, 0.6) is 5.75 Å². The van der Waals surface area contributed by atoms with Gasteiger partial charge in [0.25, 0.3) is 0 Å². The zero-order valence-corrected chi connectivity index (χ0v) is 12.4. The normalized spacial score (nSPS) is 16.2. The highest BCUT2D eigenvalue weighted by Crippen LogP contribution is 2.28. The van der Waals surface area contributed by atoms with Crippen molar-refractivity contribution in [1.29, 1.82) is 0 Å². The number of ether oxygens (including phenoxy) is 2. The maximum Gasteiger partial charge on any atom is 0.155 e. The Morgan fingerprint density at radius 3 is 2.60 bits per heavy atom. The first-order chi connectivity index (χ1) is 9.81. The second-order valence-corrected chi connectivity index (χ2v) is 6.23. The van der Waals surface area contributed by atoms with Crippen molar-refractivity contribution < 1.29 is 9.47 Å². The van der Waals surface area contributed by atoms with E-state index in [1.54, 1.807) is 11.3 Å². The van der Waals surface area contributed by atoms with E-state index < -0.39 is 0 Å². The fraction of sp³-hybridized carbons (Fsp3) is 0.467. The van der Waals surface area contributed by atoms with Crippen LogP contribution in [0.2, 0.25) is 0 Å². The van der Waals surface area contributed by atoms with Crippen molar-refractivity contribution in [1.82, 2.24) is 10.2 Å². The van der Waals surface area contributed by atoms with Crippen LogP contribution in [0.25, 0.3) is 0 Å². The third-order valence-electron chi connectivity index (χ3n) is 3.50. The third kappa shape index (κ3) is 3.35. The van der Waals surface area contributed by atoms with E-state index in [2.05, 4.69) is 22.3 Å². The van der Waals surface area contributed by atoms with Crippen molar-refractivity contribution >= 4 is 11.3 Å². The molecule has 0 saturated carbocycles. The highest BCUT2D eigenvalue weighted by atomic mass is 32.1. The average Bonchev–Trinajstić information content (AvgIpc) is 2.92. The van der Waals surface area contributed by atoms with Crippen molar-refractivity contribution in [2.45, 2.75) is 32.3 Å². The Morgan fingerprint density at radius 1 is 1.20 bits per heavy atom. The molecule has 4 nitrogen and oxygen atoms in total. The Morgan fingerprint density at radius 2 is 1.95 bits per heavy atom. The summed E-state index contributed by atoms with van der Waals surface area (Å²) in [6.07, 6.45) is 2.23. The molecule has 1 aliphatic heterocycles. The van der Waals surface area contributed by atoms with E-state index in [1.165, 1.54) is 5.56 Å². The molecule has 0 spiro atoms. The molecule has 20 heavy (non-hydrogen) atoms. The molecule has 0 atom stereocenters. The zero-order chi connectivity index (χ0) is 13.8. The van der Waals surface area contributed by atoms with Crippen molar-refractivity contribution in [3.8, 4) is 5.75 Å². The molecular weight excluding hydrogens is 272 g/mol. The topological polar surface area (TPSA) is 44.2 Å². The van der Waals surface area contributed by atoms with Crippen LogP contribution in [-0.4, -0.2) is 23.4 Å². The van der Waals surface area contributed by atoms with Gasteiger partial charge in [0.05, 0.1) is 0 Å². The van der Waals surface area contributed by atoms with Gasteiger partial charge < -0.3 is 9.47 Å². The minimum Gasteiger partial charge on any atom is -0.486 e. The Hall–Kier alpha value is -1.46. The van der Waals surface area contributed by atoms with Gasteiger partial charge in [-0.2, -0.15) is 0 Å². The molecule has 3 rings (SSSR count). The quantitative estimate of drug-likeness (QED) is 0.866. The zero-order valence-electron chi connectivity index (χ0n) is 11.5. The molecule has 1 fully saturated rings. The summed E-state index contributed by atoms with van der Waals surface area (Å²) in [5.74, 6) is 1.51. The smallest absolute Gasteiger partial charge is 0.155 e. The van der Waals surface area contributed by atoms with E-state index in [0.29, 0.717) is 12.5 Å². The van der Waals surface area contributed by atoms with Gasteiger partial charge in [-0.15, -0.1) is 10.2 Å². The van der Waals surface area contributed by atoms with Crippen molar-refractivity contribution in [3.05, 3.63) is 39.8 Å². The monoisotopic (exact) mass is 290 g/mol. The van der Waals surface area contributed by atoms with E-state index in [0.717, 1.165) is 41.8 Å². The highest BCUT2D eigenvalue weighted by Gasteiger charge is 2.15. The van der Waals surface area contributed by atoms with Gasteiger partial charge in [0.1, 0.15) is 17.4 Å². The molecule has 0 bridgehead atoms. The van der Waals surface area contributed by atoms with E-state index in [1.807, 2.05) is 19.1 Å². The minimum atomic E-state index is 0.488. The lowest BCUT2D eigenvalue weighted by molar-refractivity contribution is 0.0853. The summed E-state index contributed by atoms with van der Waals surface area (Å²) in [6.45, 7) is 4.19. The maximum atomic E-state index is 5.73. The third-order valence-corrected chi connectivity index (χ3v) is 4.32. The summed E-state index contributed by atoms with van der Waals surface area (Å²) in [4.78, 5) is 0. The number of aromatic nitrogens is 2. The minimum absolute atomic E-state index is 0.488. The van der Waals surface area contributed by atoms with Gasteiger partial charge in [-0.25, -0.2) is 0 Å². The van der Waals surface area contributed by atoms with Crippen LogP contribution in [-0.2, 0) is 11.3 Å². The predicted octanol–water partition coefficient (Wildman–Crippen LogP) is 3.32. The molecule has 2 aromatic rings. The summed E-state index contributed by atoms with van der Waals surface area (Å²) in [6, 6.07) is 8.41. The lowest BCUT2D eigenvalue weighted by atomic mass is 9.92. The molecule has 0 aliphatic carbocycles. The van der Waals surface area contributed by atoms with Crippen LogP contribution in [0.3, 0.4) is 0 Å². The fourth-order valence-corrected chi connectivity index (χ4v) is 3.03. The first kappa shape index (κ1) is 13.5. The number of nitrogens with zero attached hydrogens (tertiary/aromatic N) is 2. The van der Waals surface area contributed by atoms with E-state index in [4.69, 9.17) is 9.47 Å². The molecule has 1 aromatic carbocycles. The van der Waals surface area contributed by atoms with Crippen LogP contribution in [0.1, 0.15) is 34.3 Å². The van der Waals surface area contributed by atoms with Crippen LogP contribution in [0.4, 0.5) is 0 Å². The summed E-state index contributed by atoms with van der Waals surface area (Å²) in [5.41, 5.74) is 1.38. The SMILES string of the molecule is Cc1nnc(COc2ccc(C3CCOCC3)cc2)s1. The highest BCUT2D eigenvalue weighted by molar-refractivity contribution is 7.11. The molecule has 0 unspecified atom stereocenters. The number of hydrogen-bond donors (Lipinski definition) is 0. The largest absolute Gasteiger partial charge is 0.486 e. The second-order valence-electron chi connectivity index (χ2n) is 4.96. The standard InChI is InChI=1S/C15H18N2O2S/c1-11-16-17-15(20-11)10-19-14-4-2-12(3-5-14)13-6-8-18-9-7-13/h2-5,13H,6-10H2,1H3. The molecule has 1 aliphatic rings. The van der Waals surface area contributed by atoms with Crippen LogP contribution < -0.4 is 4.74 Å². The molecule has 0 amide bonds. The van der Waals surface area contributed by atoms with Crippen molar-refractivity contribution in [3.63, 3.8) is 0 Å². The first-order valence-electron chi connectivity index (χ1n) is 6.91. The van der Waals surface area contributed by atoms with E-state index >= 15 is 0 Å². The van der Waals surface area contributed by atoms with Gasteiger partial charge in [-0.1, -0.05) is 23.5 Å². The Balaban J connectivity index is 1.58. The number of benzene rings is 1. The van der Waals surface area contributed by atoms with Gasteiger partial charge >= 0.3 is 0 Å².